The van der Waals surface area contributed by atoms with Gasteiger partial charge in [-0.1, -0.05) is 0 Å². The predicted octanol–water partition coefficient (Wildman–Crippen LogP) is 3.18. The summed E-state index contributed by atoms with van der Waals surface area (Å²) in [4.78, 5) is 12.4. The Kier molecular flexibility index (Phi) is 3.75. The zero-order valence-corrected chi connectivity index (χ0v) is 11.5. The standard InChI is InChI=1S/C14H17F2N3O2/c15-14(16)12-7-11(19(20)21)3-4-13(12)17-9-5-6-18(8-9)10-1-2-10/h3-4,7,9-10,14,17H,1-2,5-6,8H2. The smallest absolute Gasteiger partial charge is 0.270 e. The van der Waals surface area contributed by atoms with Crippen molar-refractivity contribution in [1.82, 2.24) is 4.90 Å². The number of benzene rings is 1. The molecule has 0 aromatic heterocycles. The lowest BCUT2D eigenvalue weighted by molar-refractivity contribution is -0.385. The Morgan fingerprint density at radius 1 is 1.33 bits per heavy atom. The van der Waals surface area contributed by atoms with Gasteiger partial charge in [-0.25, -0.2) is 8.78 Å². The van der Waals surface area contributed by atoms with Crippen molar-refractivity contribution >= 4 is 11.4 Å². The number of rotatable bonds is 5. The minimum atomic E-state index is -2.73. The first kappa shape index (κ1) is 14.2. The summed E-state index contributed by atoms with van der Waals surface area (Å²) in [5.74, 6) is 0. The molecule has 114 valence electrons. The third-order valence-corrected chi connectivity index (χ3v) is 4.12. The molecule has 1 heterocycles. The number of hydrogen-bond donors (Lipinski definition) is 1. The summed E-state index contributed by atoms with van der Waals surface area (Å²) >= 11 is 0. The van der Waals surface area contributed by atoms with Crippen molar-refractivity contribution in [2.45, 2.75) is 37.8 Å². The number of nitrogens with zero attached hydrogens (tertiary/aromatic N) is 2. The molecule has 2 fully saturated rings. The lowest BCUT2D eigenvalue weighted by Gasteiger charge is -2.18. The Hall–Kier alpha value is -1.76. The Bertz CT molecular complexity index is 549. The first-order valence-electron chi connectivity index (χ1n) is 7.11. The van der Waals surface area contributed by atoms with E-state index in [0.717, 1.165) is 25.6 Å². The largest absolute Gasteiger partial charge is 0.381 e. The number of hydrogen-bond acceptors (Lipinski definition) is 4. The molecular weight excluding hydrogens is 280 g/mol. The van der Waals surface area contributed by atoms with E-state index in [1.165, 1.54) is 25.0 Å². The molecule has 2 aliphatic rings. The first-order valence-corrected chi connectivity index (χ1v) is 7.11. The van der Waals surface area contributed by atoms with Crippen LogP contribution in [0.4, 0.5) is 20.2 Å². The summed E-state index contributed by atoms with van der Waals surface area (Å²) in [6.45, 7) is 1.84. The number of alkyl halides is 2. The second-order valence-corrected chi connectivity index (χ2v) is 5.69. The van der Waals surface area contributed by atoms with Gasteiger partial charge in [-0.05, 0) is 25.3 Å². The minimum Gasteiger partial charge on any atom is -0.381 e. The van der Waals surface area contributed by atoms with Gasteiger partial charge in [0.05, 0.1) is 4.92 Å². The van der Waals surface area contributed by atoms with Crippen LogP contribution < -0.4 is 5.32 Å². The van der Waals surface area contributed by atoms with Crippen LogP contribution in [0.15, 0.2) is 18.2 Å². The summed E-state index contributed by atoms with van der Waals surface area (Å²) in [5.41, 5.74) is -0.297. The Morgan fingerprint density at radius 2 is 2.10 bits per heavy atom. The summed E-state index contributed by atoms with van der Waals surface area (Å²) < 4.78 is 26.2. The molecule has 1 saturated carbocycles. The first-order chi connectivity index (χ1) is 10.0. The van der Waals surface area contributed by atoms with Crippen molar-refractivity contribution < 1.29 is 13.7 Å². The van der Waals surface area contributed by atoms with Gasteiger partial charge in [0.25, 0.3) is 12.1 Å². The fraction of sp³-hybridized carbons (Fsp3) is 0.571. The van der Waals surface area contributed by atoms with Gasteiger partial charge in [0, 0.05) is 48.6 Å². The van der Waals surface area contributed by atoms with Crippen molar-refractivity contribution in [2.24, 2.45) is 0 Å². The van der Waals surface area contributed by atoms with Gasteiger partial charge in [0.15, 0.2) is 0 Å². The SMILES string of the molecule is O=[N+]([O-])c1ccc(NC2CCN(C3CC3)C2)c(C(F)F)c1. The van der Waals surface area contributed by atoms with Crippen molar-refractivity contribution in [3.05, 3.63) is 33.9 Å². The molecular formula is C14H17F2N3O2. The quantitative estimate of drug-likeness (QED) is 0.670. The summed E-state index contributed by atoms with van der Waals surface area (Å²) in [6, 6.07) is 4.41. The number of likely N-dealkylation sites (tertiary alicyclic amines) is 1. The summed E-state index contributed by atoms with van der Waals surface area (Å²) in [5, 5.41) is 13.8. The molecule has 1 atom stereocenters. The number of anilines is 1. The van der Waals surface area contributed by atoms with Crippen LogP contribution in [-0.2, 0) is 0 Å². The highest BCUT2D eigenvalue weighted by Gasteiger charge is 2.34. The van der Waals surface area contributed by atoms with Crippen molar-refractivity contribution in [2.75, 3.05) is 18.4 Å². The van der Waals surface area contributed by atoms with Gasteiger partial charge >= 0.3 is 0 Å². The zero-order valence-electron chi connectivity index (χ0n) is 11.5. The molecule has 1 N–H and O–H groups in total. The molecule has 3 rings (SSSR count). The average Bonchev–Trinajstić information content (AvgIpc) is 3.19. The predicted molar refractivity (Wildman–Crippen MR) is 74.7 cm³/mol. The molecule has 1 aromatic carbocycles. The Balaban J connectivity index is 1.73. The molecule has 21 heavy (non-hydrogen) atoms. The highest BCUT2D eigenvalue weighted by Crippen LogP contribution is 2.34. The molecule has 1 aromatic rings. The fourth-order valence-electron chi connectivity index (χ4n) is 2.87. The van der Waals surface area contributed by atoms with Crippen LogP contribution in [0.25, 0.3) is 0 Å². The number of nitrogens with one attached hydrogen (secondary N) is 1. The molecule has 0 radical (unpaired) electrons. The van der Waals surface area contributed by atoms with Gasteiger partial charge in [0.1, 0.15) is 0 Å². The van der Waals surface area contributed by atoms with E-state index in [2.05, 4.69) is 10.2 Å². The van der Waals surface area contributed by atoms with Gasteiger partial charge in [-0.15, -0.1) is 0 Å². The maximum absolute atomic E-state index is 13.1. The molecule has 1 unspecified atom stereocenters. The van der Waals surface area contributed by atoms with E-state index in [1.807, 2.05) is 0 Å². The van der Waals surface area contributed by atoms with Crippen LogP contribution in [0, 0.1) is 10.1 Å². The normalized spacial score (nSPS) is 22.7. The number of nitro groups is 1. The third kappa shape index (κ3) is 3.12. The summed E-state index contributed by atoms with van der Waals surface area (Å²) in [7, 11) is 0. The van der Waals surface area contributed by atoms with E-state index in [9.17, 15) is 18.9 Å². The van der Waals surface area contributed by atoms with E-state index in [4.69, 9.17) is 0 Å². The van der Waals surface area contributed by atoms with Gasteiger partial charge in [-0.3, -0.25) is 15.0 Å². The van der Waals surface area contributed by atoms with E-state index in [1.54, 1.807) is 0 Å². The van der Waals surface area contributed by atoms with Gasteiger partial charge in [0.2, 0.25) is 0 Å². The van der Waals surface area contributed by atoms with Crippen LogP contribution in [0.3, 0.4) is 0 Å². The topological polar surface area (TPSA) is 58.4 Å². The van der Waals surface area contributed by atoms with Crippen molar-refractivity contribution in [3.63, 3.8) is 0 Å². The average molecular weight is 297 g/mol. The fourth-order valence-corrected chi connectivity index (χ4v) is 2.87. The molecule has 0 bridgehead atoms. The number of non-ortho nitro benzene ring substituents is 1. The lowest BCUT2D eigenvalue weighted by Crippen LogP contribution is -2.28. The third-order valence-electron chi connectivity index (χ3n) is 4.12. The summed E-state index contributed by atoms with van der Waals surface area (Å²) in [6.07, 6.45) is 0.642. The lowest BCUT2D eigenvalue weighted by atomic mass is 10.1. The molecule has 5 nitrogen and oxygen atoms in total. The molecule has 7 heteroatoms. The van der Waals surface area contributed by atoms with E-state index in [0.29, 0.717) is 11.7 Å². The highest BCUT2D eigenvalue weighted by molar-refractivity contribution is 5.57. The zero-order chi connectivity index (χ0) is 15.0. The second-order valence-electron chi connectivity index (χ2n) is 5.69. The molecule has 1 aliphatic carbocycles. The number of halogens is 2. The monoisotopic (exact) mass is 297 g/mol. The van der Waals surface area contributed by atoms with E-state index < -0.39 is 11.3 Å². The van der Waals surface area contributed by atoms with Crippen molar-refractivity contribution in [1.29, 1.82) is 0 Å². The van der Waals surface area contributed by atoms with Crippen molar-refractivity contribution in [3.8, 4) is 0 Å². The molecule has 1 saturated heterocycles. The Labute approximate surface area is 121 Å². The van der Waals surface area contributed by atoms with Gasteiger partial charge in [-0.2, -0.15) is 0 Å². The van der Waals surface area contributed by atoms with Crippen LogP contribution in [0.2, 0.25) is 0 Å². The van der Waals surface area contributed by atoms with Crippen LogP contribution in [0.1, 0.15) is 31.3 Å². The number of nitro benzene ring substituents is 1. The maximum Gasteiger partial charge on any atom is 0.270 e. The van der Waals surface area contributed by atoms with E-state index >= 15 is 0 Å². The maximum atomic E-state index is 13.1. The molecule has 0 amide bonds. The van der Waals surface area contributed by atoms with Crippen LogP contribution in [-0.4, -0.2) is 35.0 Å². The van der Waals surface area contributed by atoms with Crippen LogP contribution >= 0.6 is 0 Å². The molecule has 0 spiro atoms. The highest BCUT2D eigenvalue weighted by atomic mass is 19.3. The van der Waals surface area contributed by atoms with Crippen LogP contribution in [0.5, 0.6) is 0 Å². The second kappa shape index (κ2) is 5.55. The van der Waals surface area contributed by atoms with E-state index in [-0.39, 0.29) is 17.3 Å². The Morgan fingerprint density at radius 3 is 2.71 bits per heavy atom. The minimum absolute atomic E-state index is 0.129. The van der Waals surface area contributed by atoms with Gasteiger partial charge < -0.3 is 5.32 Å². The molecule has 1 aliphatic heterocycles.